The number of para-hydroxylation sites is 2. The highest BCUT2D eigenvalue weighted by Gasteiger charge is 2.30. The summed E-state index contributed by atoms with van der Waals surface area (Å²) in [4.78, 5) is 15.8. The molecule has 0 saturated carbocycles. The van der Waals surface area contributed by atoms with Crippen LogP contribution >= 0.6 is 0 Å². The Kier molecular flexibility index (Phi) is 8.53. The van der Waals surface area contributed by atoms with Crippen molar-refractivity contribution in [1.82, 2.24) is 19.5 Å². The molecule has 290 valence electrons. The molecule has 12 rings (SSSR count). The highest BCUT2D eigenvalue weighted by atomic mass is 15.0. The van der Waals surface area contributed by atoms with Gasteiger partial charge in [0.25, 0.3) is 0 Å². The van der Waals surface area contributed by atoms with Gasteiger partial charge >= 0.3 is 0 Å². The molecule has 1 aliphatic carbocycles. The van der Waals surface area contributed by atoms with Crippen molar-refractivity contribution in [2.75, 3.05) is 0 Å². The summed E-state index contributed by atoms with van der Waals surface area (Å²) in [5.41, 5.74) is 17.2. The van der Waals surface area contributed by atoms with E-state index in [4.69, 9.17) is 15.0 Å². The largest absolute Gasteiger partial charge is 0.309 e. The van der Waals surface area contributed by atoms with Gasteiger partial charge in [0, 0.05) is 39.1 Å². The zero-order valence-electron chi connectivity index (χ0n) is 33.7. The van der Waals surface area contributed by atoms with Crippen molar-refractivity contribution in [3.63, 3.8) is 0 Å². The van der Waals surface area contributed by atoms with Gasteiger partial charge in [0.05, 0.1) is 11.0 Å². The minimum atomic E-state index is 0.163. The van der Waals surface area contributed by atoms with Crippen LogP contribution in [-0.4, -0.2) is 19.5 Å². The lowest BCUT2D eigenvalue weighted by Gasteiger charge is -2.14. The van der Waals surface area contributed by atoms with Crippen LogP contribution in [0.25, 0.3) is 95.0 Å². The van der Waals surface area contributed by atoms with Crippen molar-refractivity contribution >= 4 is 21.8 Å². The predicted molar refractivity (Wildman–Crippen MR) is 254 cm³/mol. The van der Waals surface area contributed by atoms with Gasteiger partial charge < -0.3 is 4.57 Å². The van der Waals surface area contributed by atoms with Gasteiger partial charge in [-0.25, -0.2) is 15.0 Å². The van der Waals surface area contributed by atoms with E-state index in [1.54, 1.807) is 0 Å². The van der Waals surface area contributed by atoms with Gasteiger partial charge in [0.2, 0.25) is 0 Å². The lowest BCUT2D eigenvalue weighted by atomic mass is 9.89. The summed E-state index contributed by atoms with van der Waals surface area (Å²) in [6, 6.07) is 79.9. The van der Waals surface area contributed by atoms with Gasteiger partial charge in [0.15, 0.2) is 17.5 Å². The van der Waals surface area contributed by atoms with E-state index >= 15 is 0 Å². The van der Waals surface area contributed by atoms with Crippen LogP contribution in [-0.2, 0) is 0 Å². The summed E-state index contributed by atoms with van der Waals surface area (Å²) >= 11 is 0. The molecule has 4 nitrogen and oxygen atoms in total. The lowest BCUT2D eigenvalue weighted by Crippen LogP contribution is -2.01. The molecule has 9 aromatic carbocycles. The number of aromatic nitrogens is 4. The Morgan fingerprint density at radius 3 is 1.58 bits per heavy atom. The predicted octanol–water partition coefficient (Wildman–Crippen LogP) is 14.5. The van der Waals surface area contributed by atoms with E-state index in [0.717, 1.165) is 44.5 Å². The quantitative estimate of drug-likeness (QED) is 0.161. The number of hydrogen-bond acceptors (Lipinski definition) is 3. The molecular weight excluding hydrogens is 753 g/mol. The summed E-state index contributed by atoms with van der Waals surface area (Å²) in [6.45, 7) is 0. The van der Waals surface area contributed by atoms with Crippen LogP contribution in [0.1, 0.15) is 22.6 Å². The average molecular weight is 791 g/mol. The van der Waals surface area contributed by atoms with Crippen LogP contribution in [0.15, 0.2) is 224 Å². The standard InChI is InChI=1S/C58H38N4/c1-4-15-38(16-5-1)42-19-14-20-43(35-42)39-27-29-41(30-28-39)56-59-57(44-32-34-51-52(36-44)47-23-10-11-25-50(47)55(51)40-17-6-2-7-18-40)61-58(60-56)45-31-33-49-48-24-12-13-26-53(48)62(54(49)37-45)46-21-8-3-9-22-46/h1-37,55H. The molecule has 0 amide bonds. The second-order valence-electron chi connectivity index (χ2n) is 16.0. The van der Waals surface area contributed by atoms with Gasteiger partial charge in [0.1, 0.15) is 0 Å². The SMILES string of the molecule is c1ccc(-c2cccc(-c3ccc(-c4nc(-c5ccc6c(c5)-c5ccccc5C6c5ccccc5)nc(-c5ccc6c7ccccc7n(-c7ccccc7)c6c5)n4)cc3)c2)cc1. The van der Waals surface area contributed by atoms with E-state index < -0.39 is 0 Å². The van der Waals surface area contributed by atoms with Crippen molar-refractivity contribution in [2.45, 2.75) is 5.92 Å². The highest BCUT2D eigenvalue weighted by Crippen LogP contribution is 2.49. The van der Waals surface area contributed by atoms with Crippen molar-refractivity contribution in [1.29, 1.82) is 0 Å². The van der Waals surface area contributed by atoms with Gasteiger partial charge in [-0.05, 0) is 86.5 Å². The molecule has 0 saturated heterocycles. The zero-order chi connectivity index (χ0) is 41.0. The molecule has 62 heavy (non-hydrogen) atoms. The summed E-state index contributed by atoms with van der Waals surface area (Å²) in [7, 11) is 0. The first-order valence-electron chi connectivity index (χ1n) is 21.1. The summed E-state index contributed by atoms with van der Waals surface area (Å²) in [6.07, 6.45) is 0. The molecule has 2 aromatic heterocycles. The molecule has 2 heterocycles. The van der Waals surface area contributed by atoms with Gasteiger partial charge in [-0.1, -0.05) is 188 Å². The van der Waals surface area contributed by atoms with Crippen LogP contribution in [0, 0.1) is 0 Å². The summed E-state index contributed by atoms with van der Waals surface area (Å²) < 4.78 is 2.34. The molecule has 0 spiro atoms. The van der Waals surface area contributed by atoms with Crippen LogP contribution < -0.4 is 0 Å². The number of rotatable bonds is 7. The molecular formula is C58H38N4. The van der Waals surface area contributed by atoms with Crippen molar-refractivity contribution in [3.8, 4) is 73.2 Å². The molecule has 0 radical (unpaired) electrons. The first-order chi connectivity index (χ1) is 30.7. The molecule has 1 unspecified atom stereocenters. The average Bonchev–Trinajstić information content (AvgIpc) is 3.87. The van der Waals surface area contributed by atoms with Crippen molar-refractivity contribution in [2.24, 2.45) is 0 Å². The Hall–Kier alpha value is -8.21. The van der Waals surface area contributed by atoms with E-state index in [0.29, 0.717) is 17.5 Å². The second-order valence-corrected chi connectivity index (χ2v) is 16.0. The van der Waals surface area contributed by atoms with Gasteiger partial charge in [-0.3, -0.25) is 0 Å². The maximum atomic E-state index is 5.29. The minimum Gasteiger partial charge on any atom is -0.309 e. The highest BCUT2D eigenvalue weighted by molar-refractivity contribution is 6.10. The Morgan fingerprint density at radius 2 is 0.823 bits per heavy atom. The van der Waals surface area contributed by atoms with Gasteiger partial charge in [-0.15, -0.1) is 0 Å². The van der Waals surface area contributed by atoms with Crippen LogP contribution in [0.5, 0.6) is 0 Å². The Labute approximate surface area is 360 Å². The normalized spacial score (nSPS) is 13.0. The van der Waals surface area contributed by atoms with Crippen molar-refractivity contribution < 1.29 is 0 Å². The first-order valence-corrected chi connectivity index (χ1v) is 21.1. The summed E-state index contributed by atoms with van der Waals surface area (Å²) in [5, 5.41) is 2.39. The Morgan fingerprint density at radius 1 is 0.306 bits per heavy atom. The minimum absolute atomic E-state index is 0.163. The molecule has 0 aliphatic heterocycles. The third kappa shape index (κ3) is 6.12. The van der Waals surface area contributed by atoms with Crippen LogP contribution in [0.4, 0.5) is 0 Å². The molecule has 0 bridgehead atoms. The first kappa shape index (κ1) is 35.7. The van der Waals surface area contributed by atoms with E-state index in [2.05, 4.69) is 229 Å². The number of hydrogen-bond donors (Lipinski definition) is 0. The van der Waals surface area contributed by atoms with E-state index in [1.165, 1.54) is 49.7 Å². The van der Waals surface area contributed by atoms with Gasteiger partial charge in [-0.2, -0.15) is 0 Å². The monoisotopic (exact) mass is 790 g/mol. The smallest absolute Gasteiger partial charge is 0.164 e. The fourth-order valence-corrected chi connectivity index (χ4v) is 9.40. The third-order valence-electron chi connectivity index (χ3n) is 12.3. The molecule has 1 aliphatic rings. The number of fused-ring (bicyclic) bond motifs is 6. The fourth-order valence-electron chi connectivity index (χ4n) is 9.40. The topological polar surface area (TPSA) is 43.6 Å². The van der Waals surface area contributed by atoms with Crippen molar-refractivity contribution in [3.05, 3.63) is 241 Å². The maximum absolute atomic E-state index is 5.29. The molecule has 0 fully saturated rings. The Bertz CT molecular complexity index is 3450. The maximum Gasteiger partial charge on any atom is 0.164 e. The van der Waals surface area contributed by atoms with E-state index in [9.17, 15) is 0 Å². The third-order valence-corrected chi connectivity index (χ3v) is 12.3. The van der Waals surface area contributed by atoms with Crippen LogP contribution in [0.3, 0.4) is 0 Å². The molecule has 11 aromatic rings. The second kappa shape index (κ2) is 14.8. The fraction of sp³-hybridized carbons (Fsp3) is 0.0172. The summed E-state index contributed by atoms with van der Waals surface area (Å²) in [5.74, 6) is 2.05. The molecule has 1 atom stereocenters. The zero-order valence-corrected chi connectivity index (χ0v) is 33.7. The van der Waals surface area contributed by atoms with E-state index in [1.807, 2.05) is 0 Å². The number of benzene rings is 9. The van der Waals surface area contributed by atoms with E-state index in [-0.39, 0.29) is 5.92 Å². The Balaban J connectivity index is 1.01. The molecule has 0 N–H and O–H groups in total. The van der Waals surface area contributed by atoms with Crippen LogP contribution in [0.2, 0.25) is 0 Å². The lowest BCUT2D eigenvalue weighted by molar-refractivity contribution is 1.01. The molecule has 4 heteroatoms. The number of nitrogens with zero attached hydrogens (tertiary/aromatic N) is 4.